The third kappa shape index (κ3) is 10.4. The molecule has 3 atom stereocenters. The Hall–Kier alpha value is -6.17. The van der Waals surface area contributed by atoms with Crippen molar-refractivity contribution >= 4 is 35.1 Å². The Bertz CT molecular complexity index is 1840. The highest BCUT2D eigenvalue weighted by atomic mass is 16.5. The van der Waals surface area contributed by atoms with Crippen LogP contribution in [0, 0.1) is 0 Å². The van der Waals surface area contributed by atoms with Crippen molar-refractivity contribution in [1.29, 1.82) is 0 Å². The first-order valence-corrected chi connectivity index (χ1v) is 17.1. The Kier molecular flexibility index (Phi) is 13.0. The zero-order valence-corrected chi connectivity index (χ0v) is 29.2. The minimum atomic E-state index is -1.23. The zero-order chi connectivity index (χ0) is 36.9. The van der Waals surface area contributed by atoms with E-state index in [1.165, 1.54) is 6.92 Å². The SMILES string of the molecule is COc1ccc(C[C@H](NC(=O)[C@H](C)NC(=O)CN2CCOc3ccccc32)C(=O)N[C@@H](Cc2ccccc2)C(=O)C(=O)NCc2ccccc2)cc1. The summed E-state index contributed by atoms with van der Waals surface area (Å²) in [6.45, 7) is 2.59. The van der Waals surface area contributed by atoms with Gasteiger partial charge in [0.2, 0.25) is 23.5 Å². The number of nitrogens with zero attached hydrogens (tertiary/aromatic N) is 1. The predicted octanol–water partition coefficient (Wildman–Crippen LogP) is 2.74. The Morgan fingerprint density at radius 1 is 0.712 bits per heavy atom. The van der Waals surface area contributed by atoms with Crippen LogP contribution in [0.4, 0.5) is 5.69 Å². The lowest BCUT2D eigenvalue weighted by molar-refractivity contribution is -0.140. The van der Waals surface area contributed by atoms with Crippen LogP contribution in [0.5, 0.6) is 11.5 Å². The van der Waals surface area contributed by atoms with Crippen LogP contribution in [0.25, 0.3) is 0 Å². The summed E-state index contributed by atoms with van der Waals surface area (Å²) in [5, 5.41) is 10.9. The number of hydrogen-bond acceptors (Lipinski definition) is 8. The molecule has 0 spiro atoms. The van der Waals surface area contributed by atoms with Crippen LogP contribution >= 0.6 is 0 Å². The van der Waals surface area contributed by atoms with Gasteiger partial charge in [-0.05, 0) is 47.9 Å². The average molecular weight is 706 g/mol. The highest BCUT2D eigenvalue weighted by Gasteiger charge is 2.32. The van der Waals surface area contributed by atoms with Gasteiger partial charge >= 0.3 is 0 Å². The van der Waals surface area contributed by atoms with E-state index >= 15 is 0 Å². The Balaban J connectivity index is 1.29. The molecule has 0 saturated heterocycles. The van der Waals surface area contributed by atoms with Gasteiger partial charge in [0.1, 0.15) is 36.2 Å². The molecule has 0 aromatic heterocycles. The number of para-hydroxylation sites is 2. The van der Waals surface area contributed by atoms with Crippen molar-refractivity contribution in [2.45, 2.75) is 44.4 Å². The van der Waals surface area contributed by atoms with E-state index in [1.54, 1.807) is 55.6 Å². The quantitative estimate of drug-likeness (QED) is 0.130. The number of nitrogens with one attached hydrogen (secondary N) is 4. The zero-order valence-electron chi connectivity index (χ0n) is 29.2. The fourth-order valence-electron chi connectivity index (χ4n) is 5.78. The first kappa shape index (κ1) is 37.1. The second kappa shape index (κ2) is 18.2. The van der Waals surface area contributed by atoms with Gasteiger partial charge in [-0.1, -0.05) is 84.9 Å². The average Bonchev–Trinajstić information content (AvgIpc) is 3.17. The van der Waals surface area contributed by atoms with E-state index in [-0.39, 0.29) is 31.8 Å². The first-order chi connectivity index (χ1) is 25.2. The number of benzene rings is 4. The van der Waals surface area contributed by atoms with Crippen molar-refractivity contribution < 1.29 is 33.4 Å². The molecule has 4 aromatic carbocycles. The summed E-state index contributed by atoms with van der Waals surface area (Å²) in [5.74, 6) is -2.03. The molecule has 4 aromatic rings. The molecule has 0 unspecified atom stereocenters. The van der Waals surface area contributed by atoms with E-state index in [0.717, 1.165) is 16.8 Å². The van der Waals surface area contributed by atoms with Gasteiger partial charge in [-0.2, -0.15) is 0 Å². The van der Waals surface area contributed by atoms with E-state index in [4.69, 9.17) is 9.47 Å². The molecular weight excluding hydrogens is 662 g/mol. The minimum absolute atomic E-state index is 0.00334. The van der Waals surface area contributed by atoms with E-state index < -0.39 is 41.6 Å². The van der Waals surface area contributed by atoms with Crippen molar-refractivity contribution in [3.63, 3.8) is 0 Å². The maximum absolute atomic E-state index is 14.0. The lowest BCUT2D eigenvalue weighted by atomic mass is 9.99. The Labute approximate surface area is 302 Å². The second-order valence-electron chi connectivity index (χ2n) is 12.4. The van der Waals surface area contributed by atoms with Crippen molar-refractivity contribution in [1.82, 2.24) is 21.3 Å². The molecule has 0 fully saturated rings. The van der Waals surface area contributed by atoms with Gasteiger partial charge in [0, 0.05) is 19.4 Å². The lowest BCUT2D eigenvalue weighted by Gasteiger charge is -2.31. The van der Waals surface area contributed by atoms with Gasteiger partial charge in [-0.15, -0.1) is 0 Å². The smallest absolute Gasteiger partial charge is 0.289 e. The summed E-state index contributed by atoms with van der Waals surface area (Å²) in [7, 11) is 1.54. The molecule has 1 aliphatic rings. The Morgan fingerprint density at radius 2 is 1.31 bits per heavy atom. The van der Waals surface area contributed by atoms with Crippen molar-refractivity contribution in [2.24, 2.45) is 0 Å². The van der Waals surface area contributed by atoms with Crippen LogP contribution in [0.2, 0.25) is 0 Å². The highest BCUT2D eigenvalue weighted by molar-refractivity contribution is 6.38. The van der Waals surface area contributed by atoms with Crippen molar-refractivity contribution in [2.75, 3.05) is 31.7 Å². The molecule has 270 valence electrons. The van der Waals surface area contributed by atoms with Gasteiger partial charge in [-0.25, -0.2) is 0 Å². The molecule has 1 heterocycles. The number of ketones is 1. The lowest BCUT2D eigenvalue weighted by Crippen LogP contribution is -2.57. The van der Waals surface area contributed by atoms with E-state index in [0.29, 0.717) is 30.2 Å². The molecular formula is C40H43N5O7. The van der Waals surface area contributed by atoms with Crippen LogP contribution in [0.15, 0.2) is 109 Å². The van der Waals surface area contributed by atoms with Gasteiger partial charge in [0.25, 0.3) is 5.91 Å². The highest BCUT2D eigenvalue weighted by Crippen LogP contribution is 2.30. The standard InChI is InChI=1S/C40H43N5O7/c1-27(42-36(46)26-45-21-22-52-35-16-10-9-15-34(35)45)38(48)44-33(24-29-17-19-31(51-2)20-18-29)39(49)43-32(23-28-11-5-3-6-12-28)37(47)40(50)41-25-30-13-7-4-8-14-30/h3-20,27,32-33H,21-26H2,1-2H3,(H,41,50)(H,42,46)(H,43,49)(H,44,48)/t27-,32-,33-/m0/s1. The summed E-state index contributed by atoms with van der Waals surface area (Å²) >= 11 is 0. The number of rotatable bonds is 16. The summed E-state index contributed by atoms with van der Waals surface area (Å²) < 4.78 is 10.9. The topological polar surface area (TPSA) is 155 Å². The molecule has 0 saturated carbocycles. The third-order valence-corrected chi connectivity index (χ3v) is 8.60. The molecule has 1 aliphatic heterocycles. The van der Waals surface area contributed by atoms with E-state index in [1.807, 2.05) is 65.6 Å². The molecule has 0 radical (unpaired) electrons. The van der Waals surface area contributed by atoms with Crippen molar-refractivity contribution in [3.05, 3.63) is 126 Å². The summed E-state index contributed by atoms with van der Waals surface area (Å²) in [6.07, 6.45) is 0.101. The number of carbonyl (C=O) groups excluding carboxylic acids is 5. The third-order valence-electron chi connectivity index (χ3n) is 8.60. The van der Waals surface area contributed by atoms with E-state index in [9.17, 15) is 24.0 Å². The monoisotopic (exact) mass is 705 g/mol. The van der Waals surface area contributed by atoms with Crippen LogP contribution in [0.3, 0.4) is 0 Å². The van der Waals surface area contributed by atoms with Crippen LogP contribution in [-0.4, -0.2) is 74.3 Å². The number of fused-ring (bicyclic) bond motifs is 1. The molecule has 12 nitrogen and oxygen atoms in total. The largest absolute Gasteiger partial charge is 0.497 e. The summed E-state index contributed by atoms with van der Waals surface area (Å²) in [4.78, 5) is 69.1. The molecule has 0 bridgehead atoms. The number of ether oxygens (including phenoxy) is 2. The van der Waals surface area contributed by atoms with Crippen LogP contribution < -0.4 is 35.6 Å². The number of methoxy groups -OCH3 is 1. The van der Waals surface area contributed by atoms with E-state index in [2.05, 4.69) is 21.3 Å². The number of anilines is 1. The number of hydrogen-bond donors (Lipinski definition) is 4. The minimum Gasteiger partial charge on any atom is -0.497 e. The summed E-state index contributed by atoms with van der Waals surface area (Å²) in [6, 6.07) is 29.2. The summed E-state index contributed by atoms with van der Waals surface area (Å²) in [5.41, 5.74) is 3.03. The molecule has 4 amide bonds. The fraction of sp³-hybridized carbons (Fsp3) is 0.275. The molecule has 52 heavy (non-hydrogen) atoms. The normalized spacial score (nSPS) is 13.6. The van der Waals surface area contributed by atoms with Gasteiger partial charge < -0.3 is 35.6 Å². The van der Waals surface area contributed by atoms with Gasteiger partial charge in [0.05, 0.1) is 25.9 Å². The number of carbonyl (C=O) groups is 5. The first-order valence-electron chi connectivity index (χ1n) is 17.1. The fourth-order valence-corrected chi connectivity index (χ4v) is 5.78. The maximum atomic E-state index is 14.0. The number of Topliss-reactive ketones (excluding diaryl/α,β-unsaturated/α-hetero) is 1. The second-order valence-corrected chi connectivity index (χ2v) is 12.4. The van der Waals surface area contributed by atoms with Crippen LogP contribution in [0.1, 0.15) is 23.6 Å². The van der Waals surface area contributed by atoms with Gasteiger partial charge in [0.15, 0.2) is 0 Å². The van der Waals surface area contributed by atoms with Gasteiger partial charge in [-0.3, -0.25) is 24.0 Å². The molecule has 0 aliphatic carbocycles. The molecule has 12 heteroatoms. The predicted molar refractivity (Wildman–Crippen MR) is 196 cm³/mol. The maximum Gasteiger partial charge on any atom is 0.289 e. The number of amides is 4. The molecule has 4 N–H and O–H groups in total. The van der Waals surface area contributed by atoms with Crippen molar-refractivity contribution in [3.8, 4) is 11.5 Å². The Morgan fingerprint density at radius 3 is 2.00 bits per heavy atom. The molecule has 5 rings (SSSR count). The van der Waals surface area contributed by atoms with Crippen LogP contribution in [-0.2, 0) is 43.4 Å².